The number of nitrogens with one attached hydrogen (secondary N) is 1. The molecule has 1 aliphatic heterocycles. The molecule has 2 heterocycles. The van der Waals surface area contributed by atoms with Crippen LogP contribution in [-0.4, -0.2) is 46.2 Å². The van der Waals surface area contributed by atoms with Crippen LogP contribution in [0.3, 0.4) is 0 Å². The fourth-order valence-electron chi connectivity index (χ4n) is 4.28. The molecule has 1 amide bonds. The molecule has 184 valence electrons. The normalized spacial score (nSPS) is 14.2. The molecule has 0 bridgehead atoms. The molecule has 1 aromatic heterocycles. The van der Waals surface area contributed by atoms with E-state index in [2.05, 4.69) is 38.9 Å². The second-order valence-electron chi connectivity index (χ2n) is 8.40. The van der Waals surface area contributed by atoms with Gasteiger partial charge in [0.05, 0.1) is 11.7 Å². The number of thiazole rings is 1. The second-order valence-corrected chi connectivity index (χ2v) is 10.9. The van der Waals surface area contributed by atoms with Crippen LogP contribution < -0.4 is 4.72 Å². The monoisotopic (exact) mass is 554 g/mol. The third-order valence-electron chi connectivity index (χ3n) is 6.11. The molecule has 0 atom stereocenters. The van der Waals surface area contributed by atoms with Crippen molar-refractivity contribution in [2.75, 3.05) is 30.9 Å². The van der Waals surface area contributed by atoms with Crippen LogP contribution in [-0.2, 0) is 0 Å². The van der Waals surface area contributed by atoms with Gasteiger partial charge >= 0.3 is 5.24 Å². The first-order valence-corrected chi connectivity index (χ1v) is 14.0. The Labute approximate surface area is 229 Å². The first-order chi connectivity index (χ1) is 17.6. The second kappa shape index (κ2) is 11.7. The van der Waals surface area contributed by atoms with Crippen LogP contribution in [0.1, 0.15) is 17.2 Å². The minimum atomic E-state index is 0.000599. The van der Waals surface area contributed by atoms with Gasteiger partial charge in [-0.2, -0.15) is 0 Å². The highest BCUT2D eigenvalue weighted by atomic mass is 35.5. The van der Waals surface area contributed by atoms with Crippen molar-refractivity contribution in [3.8, 4) is 11.3 Å². The summed E-state index contributed by atoms with van der Waals surface area (Å²) in [5, 5.41) is 4.14. The summed E-state index contributed by atoms with van der Waals surface area (Å²) in [4.78, 5) is 21.8. The maximum Gasteiger partial charge on any atom is 0.302 e. The van der Waals surface area contributed by atoms with Gasteiger partial charge in [0.1, 0.15) is 0 Å². The van der Waals surface area contributed by atoms with Gasteiger partial charge in [0, 0.05) is 59.1 Å². The van der Waals surface area contributed by atoms with Crippen molar-refractivity contribution < 1.29 is 4.79 Å². The number of nitrogens with zero attached hydrogens (tertiary/aromatic N) is 3. The van der Waals surface area contributed by atoms with Crippen LogP contribution in [0, 0.1) is 0 Å². The number of halogens is 2. The molecule has 0 saturated carbocycles. The Kier molecular flexibility index (Phi) is 8.14. The van der Waals surface area contributed by atoms with Crippen molar-refractivity contribution >= 4 is 56.9 Å². The van der Waals surface area contributed by atoms with E-state index in [4.69, 9.17) is 23.2 Å². The van der Waals surface area contributed by atoms with Crippen molar-refractivity contribution in [1.29, 1.82) is 0 Å². The van der Waals surface area contributed by atoms with E-state index < -0.39 is 0 Å². The lowest BCUT2D eigenvalue weighted by molar-refractivity contribution is 0.131. The van der Waals surface area contributed by atoms with E-state index >= 15 is 0 Å². The molecular weight excluding hydrogens is 531 g/mol. The summed E-state index contributed by atoms with van der Waals surface area (Å²) in [7, 11) is 0. The first kappa shape index (κ1) is 25.1. The summed E-state index contributed by atoms with van der Waals surface area (Å²) in [6, 6.07) is 26.0. The lowest BCUT2D eigenvalue weighted by Crippen LogP contribution is -2.49. The molecule has 0 radical (unpaired) electrons. The number of amides is 1. The quantitative estimate of drug-likeness (QED) is 0.247. The summed E-state index contributed by atoms with van der Waals surface area (Å²) < 4.78 is 3.12. The summed E-state index contributed by atoms with van der Waals surface area (Å²) >= 11 is 14.9. The SMILES string of the molecule is O=C(SNc1nc(-c2ccccc2)cs1)N1CCN(C(c2ccc(Cl)cc2)c2ccc(Cl)cc2)CC1. The van der Waals surface area contributed by atoms with Crippen LogP contribution in [0.2, 0.25) is 10.0 Å². The van der Waals surface area contributed by atoms with Crippen molar-refractivity contribution in [3.05, 3.63) is 105 Å². The molecule has 1 fully saturated rings. The number of piperazine rings is 1. The van der Waals surface area contributed by atoms with E-state index in [0.29, 0.717) is 23.1 Å². The Bertz CT molecular complexity index is 1250. The average molecular weight is 556 g/mol. The summed E-state index contributed by atoms with van der Waals surface area (Å²) in [6.45, 7) is 2.83. The molecule has 0 aliphatic carbocycles. The fraction of sp³-hybridized carbons (Fsp3) is 0.185. The highest BCUT2D eigenvalue weighted by Crippen LogP contribution is 2.32. The van der Waals surface area contributed by atoms with Gasteiger partial charge < -0.3 is 4.90 Å². The third-order valence-corrected chi connectivity index (χ3v) is 8.23. The molecule has 3 aromatic carbocycles. The summed E-state index contributed by atoms with van der Waals surface area (Å²) in [6.07, 6.45) is 0. The molecular formula is C27H24Cl2N4OS2. The largest absolute Gasteiger partial charge is 0.330 e. The molecule has 5 nitrogen and oxygen atoms in total. The van der Waals surface area contributed by atoms with Crippen molar-refractivity contribution in [2.24, 2.45) is 0 Å². The van der Waals surface area contributed by atoms with Crippen molar-refractivity contribution in [2.45, 2.75) is 6.04 Å². The Morgan fingerprint density at radius 1 is 0.861 bits per heavy atom. The number of carbonyl (C=O) groups is 1. The highest BCUT2D eigenvalue weighted by molar-refractivity contribution is 8.14. The Hall–Kier alpha value is -2.55. The van der Waals surface area contributed by atoms with Crippen LogP contribution >= 0.6 is 46.5 Å². The number of carbonyl (C=O) groups excluding carboxylic acids is 1. The smallest absolute Gasteiger partial charge is 0.302 e. The fourth-order valence-corrected chi connectivity index (χ4v) is 5.95. The Balaban J connectivity index is 1.20. The van der Waals surface area contributed by atoms with E-state index in [-0.39, 0.29) is 11.3 Å². The molecule has 1 aliphatic rings. The van der Waals surface area contributed by atoms with Crippen molar-refractivity contribution in [1.82, 2.24) is 14.8 Å². The summed E-state index contributed by atoms with van der Waals surface area (Å²) in [5.74, 6) is 0. The van der Waals surface area contributed by atoms with Gasteiger partial charge in [-0.15, -0.1) is 11.3 Å². The lowest BCUT2D eigenvalue weighted by atomic mass is 9.96. The number of benzene rings is 3. The standard InChI is InChI=1S/C27H24Cl2N4OS2/c28-22-10-6-20(7-11-22)25(21-8-12-23(29)13-9-21)32-14-16-33(17-15-32)27(34)36-31-26-30-24(18-35-26)19-4-2-1-3-5-19/h1-13,18,25H,14-17H2,(H,30,31). The molecule has 36 heavy (non-hydrogen) atoms. The number of rotatable bonds is 6. The van der Waals surface area contributed by atoms with Crippen LogP contribution in [0.25, 0.3) is 11.3 Å². The zero-order chi connectivity index (χ0) is 24.9. The molecule has 1 saturated heterocycles. The molecule has 1 N–H and O–H groups in total. The minimum absolute atomic E-state index is 0.000599. The summed E-state index contributed by atoms with van der Waals surface area (Å²) in [5.41, 5.74) is 4.29. The zero-order valence-electron chi connectivity index (χ0n) is 19.3. The molecule has 0 spiro atoms. The van der Waals surface area contributed by atoms with Gasteiger partial charge in [-0.25, -0.2) is 4.98 Å². The third kappa shape index (κ3) is 6.05. The van der Waals surface area contributed by atoms with Crippen LogP contribution in [0.15, 0.2) is 84.2 Å². The molecule has 9 heteroatoms. The average Bonchev–Trinajstić information content (AvgIpc) is 3.40. The zero-order valence-corrected chi connectivity index (χ0v) is 22.5. The molecule has 4 aromatic rings. The van der Waals surface area contributed by atoms with Crippen LogP contribution in [0.4, 0.5) is 9.93 Å². The van der Waals surface area contributed by atoms with Gasteiger partial charge in [-0.05, 0) is 35.4 Å². The first-order valence-electron chi connectivity index (χ1n) is 11.5. The van der Waals surface area contributed by atoms with Gasteiger partial charge in [0.25, 0.3) is 0 Å². The number of anilines is 1. The Morgan fingerprint density at radius 3 is 2.03 bits per heavy atom. The maximum absolute atomic E-state index is 12.9. The Morgan fingerprint density at radius 2 is 1.44 bits per heavy atom. The minimum Gasteiger partial charge on any atom is -0.330 e. The van der Waals surface area contributed by atoms with E-state index in [0.717, 1.165) is 52.6 Å². The maximum atomic E-state index is 12.9. The predicted molar refractivity (Wildman–Crippen MR) is 152 cm³/mol. The number of hydrogen-bond acceptors (Lipinski definition) is 6. The van der Waals surface area contributed by atoms with Gasteiger partial charge in [-0.1, -0.05) is 77.8 Å². The van der Waals surface area contributed by atoms with E-state index in [1.807, 2.05) is 64.9 Å². The predicted octanol–water partition coefficient (Wildman–Crippen LogP) is 7.70. The molecule has 5 rings (SSSR count). The van der Waals surface area contributed by atoms with Gasteiger partial charge in [0.2, 0.25) is 0 Å². The highest BCUT2D eigenvalue weighted by Gasteiger charge is 2.28. The topological polar surface area (TPSA) is 48.5 Å². The molecule has 0 unspecified atom stereocenters. The van der Waals surface area contributed by atoms with E-state index in [1.165, 1.54) is 11.3 Å². The van der Waals surface area contributed by atoms with E-state index in [1.54, 1.807) is 0 Å². The lowest BCUT2D eigenvalue weighted by Gasteiger charge is -2.39. The number of aromatic nitrogens is 1. The van der Waals surface area contributed by atoms with Gasteiger partial charge in [-0.3, -0.25) is 14.4 Å². The number of hydrogen-bond donors (Lipinski definition) is 1. The van der Waals surface area contributed by atoms with Crippen LogP contribution in [0.5, 0.6) is 0 Å². The van der Waals surface area contributed by atoms with Crippen molar-refractivity contribution in [3.63, 3.8) is 0 Å². The van der Waals surface area contributed by atoms with E-state index in [9.17, 15) is 4.79 Å². The van der Waals surface area contributed by atoms with Gasteiger partial charge in [0.15, 0.2) is 5.13 Å².